The largest absolute Gasteiger partial charge is 0.349 e. The van der Waals surface area contributed by atoms with Crippen LogP contribution in [0.3, 0.4) is 0 Å². The molecule has 24 heavy (non-hydrogen) atoms. The summed E-state index contributed by atoms with van der Waals surface area (Å²) in [6.07, 6.45) is 2.47. The first-order chi connectivity index (χ1) is 11.5. The van der Waals surface area contributed by atoms with Crippen molar-refractivity contribution in [2.75, 3.05) is 11.3 Å². The molecule has 0 atom stereocenters. The van der Waals surface area contributed by atoms with Gasteiger partial charge in [-0.25, -0.2) is 8.42 Å². The van der Waals surface area contributed by atoms with Gasteiger partial charge in [0.1, 0.15) is 0 Å². The molecular formula is C18H20N2O3S. The molecule has 126 valence electrons. The SMILES string of the molecule is C=CCNC(=O)c1ccc(S(=O)(=O)Nc2ccc(CC)cc2)cc1. The highest BCUT2D eigenvalue weighted by Crippen LogP contribution is 2.17. The van der Waals surface area contributed by atoms with Gasteiger partial charge in [-0.2, -0.15) is 0 Å². The number of aryl methyl sites for hydroxylation is 1. The van der Waals surface area contributed by atoms with E-state index in [0.29, 0.717) is 17.8 Å². The fraction of sp³-hybridized carbons (Fsp3) is 0.167. The predicted molar refractivity (Wildman–Crippen MR) is 95.6 cm³/mol. The minimum Gasteiger partial charge on any atom is -0.349 e. The van der Waals surface area contributed by atoms with Crippen molar-refractivity contribution in [2.24, 2.45) is 0 Å². The number of hydrogen-bond donors (Lipinski definition) is 2. The van der Waals surface area contributed by atoms with Gasteiger partial charge in [0.25, 0.3) is 15.9 Å². The Balaban J connectivity index is 2.13. The van der Waals surface area contributed by atoms with E-state index in [9.17, 15) is 13.2 Å². The van der Waals surface area contributed by atoms with E-state index in [1.165, 1.54) is 24.3 Å². The molecule has 5 nitrogen and oxygen atoms in total. The molecule has 0 unspecified atom stereocenters. The van der Waals surface area contributed by atoms with Gasteiger partial charge in [-0.05, 0) is 48.4 Å². The lowest BCUT2D eigenvalue weighted by Gasteiger charge is -2.09. The average Bonchev–Trinajstić information content (AvgIpc) is 2.60. The van der Waals surface area contributed by atoms with Gasteiger partial charge in [0.05, 0.1) is 4.90 Å². The van der Waals surface area contributed by atoms with Gasteiger partial charge in [-0.15, -0.1) is 6.58 Å². The number of amides is 1. The zero-order chi connectivity index (χ0) is 17.6. The van der Waals surface area contributed by atoms with Gasteiger partial charge in [0, 0.05) is 17.8 Å². The van der Waals surface area contributed by atoms with Crippen molar-refractivity contribution in [3.05, 3.63) is 72.3 Å². The van der Waals surface area contributed by atoms with Gasteiger partial charge in [-0.1, -0.05) is 25.1 Å². The van der Waals surface area contributed by atoms with E-state index in [4.69, 9.17) is 0 Å². The fourth-order valence-corrected chi connectivity index (χ4v) is 3.13. The Kier molecular flexibility index (Phi) is 5.76. The van der Waals surface area contributed by atoms with E-state index >= 15 is 0 Å². The number of rotatable bonds is 7. The van der Waals surface area contributed by atoms with Crippen LogP contribution >= 0.6 is 0 Å². The molecule has 2 rings (SSSR count). The first-order valence-corrected chi connectivity index (χ1v) is 9.05. The molecule has 2 aromatic rings. The second kappa shape index (κ2) is 7.79. The first kappa shape index (κ1) is 17.7. The Morgan fingerprint density at radius 1 is 1.08 bits per heavy atom. The van der Waals surface area contributed by atoms with Gasteiger partial charge < -0.3 is 5.32 Å². The van der Waals surface area contributed by atoms with Crippen molar-refractivity contribution in [1.29, 1.82) is 0 Å². The van der Waals surface area contributed by atoms with Crippen LogP contribution in [0.4, 0.5) is 5.69 Å². The molecule has 0 saturated heterocycles. The Bertz CT molecular complexity index is 810. The Hall–Kier alpha value is -2.60. The second-order valence-electron chi connectivity index (χ2n) is 5.18. The fourth-order valence-electron chi connectivity index (χ4n) is 2.07. The van der Waals surface area contributed by atoms with E-state index in [2.05, 4.69) is 16.6 Å². The number of hydrogen-bond acceptors (Lipinski definition) is 3. The van der Waals surface area contributed by atoms with Crippen LogP contribution in [-0.2, 0) is 16.4 Å². The van der Waals surface area contributed by atoms with Gasteiger partial charge in [0.2, 0.25) is 0 Å². The van der Waals surface area contributed by atoms with Crippen LogP contribution < -0.4 is 10.0 Å². The molecule has 0 saturated carbocycles. The normalized spacial score (nSPS) is 10.9. The highest BCUT2D eigenvalue weighted by molar-refractivity contribution is 7.92. The molecule has 0 aromatic heterocycles. The lowest BCUT2D eigenvalue weighted by atomic mass is 10.2. The van der Waals surface area contributed by atoms with Crippen molar-refractivity contribution in [3.63, 3.8) is 0 Å². The van der Waals surface area contributed by atoms with Gasteiger partial charge in [0.15, 0.2) is 0 Å². The molecule has 0 fully saturated rings. The minimum absolute atomic E-state index is 0.0994. The molecule has 0 radical (unpaired) electrons. The number of carbonyl (C=O) groups excluding carboxylic acids is 1. The molecule has 1 amide bonds. The van der Waals surface area contributed by atoms with E-state index in [1.807, 2.05) is 19.1 Å². The summed E-state index contributed by atoms with van der Waals surface area (Å²) in [5.74, 6) is -0.276. The molecule has 2 N–H and O–H groups in total. The molecule has 2 aromatic carbocycles. The molecule has 0 bridgehead atoms. The van der Waals surface area contributed by atoms with Crippen LogP contribution in [0, 0.1) is 0 Å². The number of benzene rings is 2. The van der Waals surface area contributed by atoms with Gasteiger partial charge >= 0.3 is 0 Å². The number of carbonyl (C=O) groups is 1. The molecule has 0 aliphatic carbocycles. The van der Waals surface area contributed by atoms with Crippen molar-refractivity contribution < 1.29 is 13.2 Å². The number of anilines is 1. The summed E-state index contributed by atoms with van der Waals surface area (Å²) in [7, 11) is -3.69. The van der Waals surface area contributed by atoms with Crippen LogP contribution in [0.5, 0.6) is 0 Å². The Labute approximate surface area is 142 Å². The van der Waals surface area contributed by atoms with Crippen LogP contribution in [0.2, 0.25) is 0 Å². The monoisotopic (exact) mass is 344 g/mol. The third-order valence-electron chi connectivity index (χ3n) is 3.45. The molecule has 6 heteroatoms. The smallest absolute Gasteiger partial charge is 0.261 e. The lowest BCUT2D eigenvalue weighted by Crippen LogP contribution is -2.23. The summed E-state index contributed by atoms with van der Waals surface area (Å²) < 4.78 is 27.3. The Morgan fingerprint density at radius 3 is 2.25 bits per heavy atom. The van der Waals surface area contributed by atoms with E-state index < -0.39 is 10.0 Å². The number of sulfonamides is 1. The van der Waals surface area contributed by atoms with Crippen molar-refractivity contribution >= 4 is 21.6 Å². The third-order valence-corrected chi connectivity index (χ3v) is 4.85. The molecule has 0 aliphatic rings. The minimum atomic E-state index is -3.69. The standard InChI is InChI=1S/C18H20N2O3S/c1-3-13-19-18(21)15-7-11-17(12-8-15)24(22,23)20-16-9-5-14(4-2)6-10-16/h3,5-12,20H,1,4,13H2,2H3,(H,19,21). The molecular weight excluding hydrogens is 324 g/mol. The first-order valence-electron chi connectivity index (χ1n) is 7.57. The Morgan fingerprint density at radius 2 is 1.71 bits per heavy atom. The maximum Gasteiger partial charge on any atom is 0.261 e. The summed E-state index contributed by atoms with van der Waals surface area (Å²) in [5.41, 5.74) is 2.02. The molecule has 0 aliphatic heterocycles. The summed E-state index contributed by atoms with van der Waals surface area (Å²) in [4.78, 5) is 11.9. The summed E-state index contributed by atoms with van der Waals surface area (Å²) in [6, 6.07) is 13.0. The predicted octanol–water partition coefficient (Wildman–Crippen LogP) is 2.97. The summed E-state index contributed by atoms with van der Waals surface area (Å²) in [6.45, 7) is 5.91. The van der Waals surface area contributed by atoms with Crippen LogP contribution in [0.15, 0.2) is 66.1 Å². The van der Waals surface area contributed by atoms with Crippen molar-refractivity contribution in [2.45, 2.75) is 18.2 Å². The van der Waals surface area contributed by atoms with Crippen molar-refractivity contribution in [3.8, 4) is 0 Å². The number of nitrogens with one attached hydrogen (secondary N) is 2. The zero-order valence-corrected chi connectivity index (χ0v) is 14.3. The van der Waals surface area contributed by atoms with E-state index in [-0.39, 0.29) is 10.8 Å². The van der Waals surface area contributed by atoms with Crippen LogP contribution in [0.25, 0.3) is 0 Å². The summed E-state index contributed by atoms with van der Waals surface area (Å²) in [5, 5.41) is 2.64. The topological polar surface area (TPSA) is 75.3 Å². The van der Waals surface area contributed by atoms with Gasteiger partial charge in [-0.3, -0.25) is 9.52 Å². The highest BCUT2D eigenvalue weighted by atomic mass is 32.2. The maximum atomic E-state index is 12.4. The van der Waals surface area contributed by atoms with Crippen molar-refractivity contribution in [1.82, 2.24) is 5.32 Å². The second-order valence-corrected chi connectivity index (χ2v) is 6.86. The van der Waals surface area contributed by atoms with E-state index in [0.717, 1.165) is 12.0 Å². The maximum absolute atomic E-state index is 12.4. The highest BCUT2D eigenvalue weighted by Gasteiger charge is 2.15. The van der Waals surface area contributed by atoms with Crippen LogP contribution in [-0.4, -0.2) is 20.9 Å². The summed E-state index contributed by atoms with van der Waals surface area (Å²) >= 11 is 0. The quantitative estimate of drug-likeness (QED) is 0.758. The zero-order valence-electron chi connectivity index (χ0n) is 13.5. The molecule has 0 heterocycles. The molecule has 0 spiro atoms. The average molecular weight is 344 g/mol. The van der Waals surface area contributed by atoms with Crippen LogP contribution in [0.1, 0.15) is 22.8 Å². The lowest BCUT2D eigenvalue weighted by molar-refractivity contribution is 0.0958. The van der Waals surface area contributed by atoms with E-state index in [1.54, 1.807) is 18.2 Å². The third kappa shape index (κ3) is 4.45.